The zero-order valence-corrected chi connectivity index (χ0v) is 9.52. The Bertz CT molecular complexity index is 436. The molecule has 3 rings (SSSR count). The number of nitrogens with one attached hydrogen (secondary N) is 1. The van der Waals surface area contributed by atoms with E-state index in [2.05, 4.69) is 43.8 Å². The van der Waals surface area contributed by atoms with Gasteiger partial charge in [-0.2, -0.15) is 4.37 Å². The molecule has 0 aliphatic carbocycles. The van der Waals surface area contributed by atoms with Crippen LogP contribution in [-0.2, 0) is 0 Å². The highest BCUT2D eigenvalue weighted by Gasteiger charge is 2.27. The predicted octanol–water partition coefficient (Wildman–Crippen LogP) is 1.84. The first-order valence-corrected chi connectivity index (χ1v) is 6.02. The molecule has 1 aromatic heterocycles. The molecule has 0 bridgehead atoms. The quantitative estimate of drug-likeness (QED) is 0.876. The van der Waals surface area contributed by atoms with Crippen molar-refractivity contribution in [3.8, 4) is 0 Å². The summed E-state index contributed by atoms with van der Waals surface area (Å²) in [6, 6.07) is 11.0. The third-order valence-corrected chi connectivity index (χ3v) is 3.29. The molecule has 0 saturated carbocycles. The van der Waals surface area contributed by atoms with Crippen LogP contribution in [-0.4, -0.2) is 28.5 Å². The minimum absolute atomic E-state index is 0.494. The van der Waals surface area contributed by atoms with Gasteiger partial charge in [0.15, 0.2) is 0 Å². The van der Waals surface area contributed by atoms with Crippen molar-refractivity contribution in [1.29, 1.82) is 0 Å². The van der Waals surface area contributed by atoms with Crippen molar-refractivity contribution in [3.63, 3.8) is 0 Å². The van der Waals surface area contributed by atoms with E-state index < -0.39 is 0 Å². The molecule has 0 amide bonds. The third kappa shape index (κ3) is 1.86. The molecule has 16 heavy (non-hydrogen) atoms. The van der Waals surface area contributed by atoms with Crippen LogP contribution in [0.2, 0.25) is 0 Å². The van der Waals surface area contributed by atoms with Crippen LogP contribution in [0.15, 0.2) is 36.7 Å². The van der Waals surface area contributed by atoms with Gasteiger partial charge in [0, 0.05) is 30.3 Å². The highest BCUT2D eigenvalue weighted by molar-refractivity contribution is 7.09. The first-order chi connectivity index (χ1) is 7.92. The lowest BCUT2D eigenvalue weighted by atomic mass is 10.1. The Balaban J connectivity index is 1.55. The lowest BCUT2D eigenvalue weighted by molar-refractivity contribution is 0.550. The van der Waals surface area contributed by atoms with E-state index >= 15 is 0 Å². The van der Waals surface area contributed by atoms with Crippen molar-refractivity contribution >= 4 is 22.4 Å². The molecule has 1 aromatic carbocycles. The van der Waals surface area contributed by atoms with Crippen molar-refractivity contribution in [3.05, 3.63) is 36.7 Å². The molecular formula is C11H12N4S. The van der Waals surface area contributed by atoms with Crippen molar-refractivity contribution in [2.45, 2.75) is 6.04 Å². The van der Waals surface area contributed by atoms with Crippen molar-refractivity contribution in [2.24, 2.45) is 0 Å². The predicted molar refractivity (Wildman–Crippen MR) is 66.0 cm³/mol. The number of nitrogens with zero attached hydrogens (tertiary/aromatic N) is 3. The normalized spacial score (nSPS) is 15.9. The van der Waals surface area contributed by atoms with Crippen molar-refractivity contribution in [1.82, 2.24) is 9.36 Å². The number of aromatic nitrogens is 2. The molecule has 0 atom stereocenters. The summed E-state index contributed by atoms with van der Waals surface area (Å²) in [7, 11) is 0. The summed E-state index contributed by atoms with van der Waals surface area (Å²) in [6.45, 7) is 2.06. The lowest BCUT2D eigenvalue weighted by Crippen LogP contribution is -2.54. The maximum absolute atomic E-state index is 4.11. The van der Waals surface area contributed by atoms with Crippen LogP contribution < -0.4 is 10.2 Å². The van der Waals surface area contributed by atoms with E-state index in [1.54, 1.807) is 6.33 Å². The van der Waals surface area contributed by atoms with Crippen molar-refractivity contribution in [2.75, 3.05) is 23.3 Å². The summed E-state index contributed by atoms with van der Waals surface area (Å²) in [5.74, 6) is 0. The van der Waals surface area contributed by atoms with Crippen molar-refractivity contribution < 1.29 is 0 Å². The smallest absolute Gasteiger partial charge is 0.202 e. The highest BCUT2D eigenvalue weighted by atomic mass is 32.1. The zero-order valence-electron chi connectivity index (χ0n) is 8.71. The summed E-state index contributed by atoms with van der Waals surface area (Å²) in [5.41, 5.74) is 1.29. The third-order valence-electron chi connectivity index (χ3n) is 2.69. The molecule has 1 N–H and O–H groups in total. The number of rotatable bonds is 3. The van der Waals surface area contributed by atoms with E-state index in [0.717, 1.165) is 18.2 Å². The van der Waals surface area contributed by atoms with E-state index in [1.807, 2.05) is 6.07 Å². The van der Waals surface area contributed by atoms with Gasteiger partial charge in [0.05, 0.1) is 6.04 Å². The summed E-state index contributed by atoms with van der Waals surface area (Å²) in [6.07, 6.45) is 1.58. The average Bonchev–Trinajstić information content (AvgIpc) is 2.77. The Kier molecular flexibility index (Phi) is 2.46. The van der Waals surface area contributed by atoms with Crippen LogP contribution in [0.4, 0.5) is 10.8 Å². The first-order valence-electron chi connectivity index (χ1n) is 5.25. The molecule has 0 unspecified atom stereocenters. The second-order valence-corrected chi connectivity index (χ2v) is 4.61. The van der Waals surface area contributed by atoms with E-state index in [0.29, 0.717) is 6.04 Å². The van der Waals surface area contributed by atoms with Gasteiger partial charge < -0.3 is 10.2 Å². The average molecular weight is 232 g/mol. The molecule has 82 valence electrons. The Morgan fingerprint density at radius 1 is 1.25 bits per heavy atom. The summed E-state index contributed by atoms with van der Waals surface area (Å²) < 4.78 is 3.97. The molecule has 1 fully saturated rings. The van der Waals surface area contributed by atoms with E-state index in [1.165, 1.54) is 17.2 Å². The van der Waals surface area contributed by atoms with E-state index in [9.17, 15) is 0 Å². The van der Waals surface area contributed by atoms with Gasteiger partial charge in [0.1, 0.15) is 6.33 Å². The van der Waals surface area contributed by atoms with Gasteiger partial charge in [-0.1, -0.05) is 18.2 Å². The first kappa shape index (κ1) is 9.59. The SMILES string of the molecule is c1ccc(N2CC(Nc3ncns3)C2)cc1. The van der Waals surface area contributed by atoms with Crippen LogP contribution in [0.5, 0.6) is 0 Å². The van der Waals surface area contributed by atoms with Gasteiger partial charge in [-0.15, -0.1) is 0 Å². The highest BCUT2D eigenvalue weighted by Crippen LogP contribution is 2.22. The Morgan fingerprint density at radius 2 is 2.06 bits per heavy atom. The standard InChI is InChI=1S/C11H12N4S/c1-2-4-10(5-3-1)15-6-9(7-15)14-11-12-8-13-16-11/h1-5,8-9H,6-7H2,(H,12,13,14). The minimum atomic E-state index is 0.494. The second-order valence-electron chi connectivity index (χ2n) is 3.83. The molecule has 0 radical (unpaired) electrons. The van der Waals surface area contributed by atoms with Gasteiger partial charge in [0.25, 0.3) is 0 Å². The zero-order chi connectivity index (χ0) is 10.8. The monoisotopic (exact) mass is 232 g/mol. The van der Waals surface area contributed by atoms with Crippen LogP contribution in [0.25, 0.3) is 0 Å². The topological polar surface area (TPSA) is 41.0 Å². The van der Waals surface area contributed by atoms with Gasteiger partial charge >= 0.3 is 0 Å². The Hall–Kier alpha value is -1.62. The number of hydrogen-bond acceptors (Lipinski definition) is 5. The number of benzene rings is 1. The second kappa shape index (κ2) is 4.09. The van der Waals surface area contributed by atoms with Crippen LogP contribution in [0.1, 0.15) is 0 Å². The lowest BCUT2D eigenvalue weighted by Gasteiger charge is -2.41. The molecule has 1 saturated heterocycles. The molecule has 1 aliphatic rings. The molecule has 2 heterocycles. The summed E-state index contributed by atoms with van der Waals surface area (Å²) in [5, 5.41) is 4.28. The number of hydrogen-bond donors (Lipinski definition) is 1. The van der Waals surface area contributed by atoms with Gasteiger partial charge in [-0.25, -0.2) is 4.98 Å². The molecule has 5 heteroatoms. The maximum atomic E-state index is 4.11. The van der Waals surface area contributed by atoms with Gasteiger partial charge in [-0.05, 0) is 12.1 Å². The molecule has 4 nitrogen and oxygen atoms in total. The number of anilines is 2. The Labute approximate surface area is 98.1 Å². The fourth-order valence-electron chi connectivity index (χ4n) is 1.83. The fourth-order valence-corrected chi connectivity index (χ4v) is 2.34. The minimum Gasteiger partial charge on any atom is -0.367 e. The molecule has 1 aliphatic heterocycles. The van der Waals surface area contributed by atoms with Crippen LogP contribution >= 0.6 is 11.5 Å². The molecule has 0 spiro atoms. The molecular weight excluding hydrogens is 220 g/mol. The van der Waals surface area contributed by atoms with E-state index in [4.69, 9.17) is 0 Å². The van der Waals surface area contributed by atoms with Gasteiger partial charge in [-0.3, -0.25) is 0 Å². The number of para-hydroxylation sites is 1. The van der Waals surface area contributed by atoms with E-state index in [-0.39, 0.29) is 0 Å². The maximum Gasteiger partial charge on any atom is 0.202 e. The largest absolute Gasteiger partial charge is 0.367 e. The Morgan fingerprint density at radius 3 is 2.75 bits per heavy atom. The van der Waals surface area contributed by atoms with Crippen LogP contribution in [0.3, 0.4) is 0 Å². The van der Waals surface area contributed by atoms with Crippen LogP contribution in [0, 0.1) is 0 Å². The molecule has 2 aromatic rings. The van der Waals surface area contributed by atoms with Gasteiger partial charge in [0.2, 0.25) is 5.13 Å². The summed E-state index contributed by atoms with van der Waals surface area (Å²) >= 11 is 1.41. The summed E-state index contributed by atoms with van der Waals surface area (Å²) in [4.78, 5) is 6.46. The fraction of sp³-hybridized carbons (Fsp3) is 0.273.